The van der Waals surface area contributed by atoms with Gasteiger partial charge in [0.15, 0.2) is 5.82 Å². The van der Waals surface area contributed by atoms with E-state index >= 15 is 0 Å². The molecule has 0 radical (unpaired) electrons. The van der Waals surface area contributed by atoms with Gasteiger partial charge in [0.05, 0.1) is 10.6 Å². The van der Waals surface area contributed by atoms with Crippen molar-refractivity contribution >= 4 is 21.5 Å². The molecule has 0 saturated carbocycles. The third-order valence-electron chi connectivity index (χ3n) is 4.48. The summed E-state index contributed by atoms with van der Waals surface area (Å²) in [6.07, 6.45) is 0. The van der Waals surface area contributed by atoms with Gasteiger partial charge >= 0.3 is 0 Å². The van der Waals surface area contributed by atoms with Crippen LogP contribution in [0.3, 0.4) is 0 Å². The van der Waals surface area contributed by atoms with Crippen LogP contribution in [0.2, 0.25) is 0 Å². The number of nitrogens with one attached hydrogen (secondary N) is 2. The van der Waals surface area contributed by atoms with Gasteiger partial charge in [-0.15, -0.1) is 10.2 Å². The summed E-state index contributed by atoms with van der Waals surface area (Å²) in [5.41, 5.74) is 3.40. The first-order valence-corrected chi connectivity index (χ1v) is 10.9. The van der Waals surface area contributed by atoms with Crippen LogP contribution in [0.4, 0.5) is 11.5 Å². The number of hydrogen-bond donors (Lipinski definition) is 2. The molecule has 0 aliphatic carbocycles. The van der Waals surface area contributed by atoms with Gasteiger partial charge in [-0.05, 0) is 42.0 Å². The molecule has 0 aliphatic rings. The molecule has 150 valence electrons. The lowest BCUT2D eigenvalue weighted by Crippen LogP contribution is -2.23. The minimum Gasteiger partial charge on any atom is -0.339 e. The summed E-state index contributed by atoms with van der Waals surface area (Å²) in [6, 6.07) is 29.4. The van der Waals surface area contributed by atoms with E-state index in [1.54, 1.807) is 24.3 Å². The predicted molar refractivity (Wildman–Crippen MR) is 118 cm³/mol. The molecule has 7 heteroatoms. The molecular formula is C23H20N4O2S. The van der Waals surface area contributed by atoms with Crippen molar-refractivity contribution in [1.29, 1.82) is 0 Å². The molecule has 1 aromatic heterocycles. The standard InChI is InChI=1S/C23H20N4O2S/c28-30(29,24-17-18-7-3-1-4-8-18)21-13-11-20(12-14-21)25-23-16-15-22(26-27-23)19-9-5-2-6-10-19/h1-16,24H,17H2,(H,25,27). The molecule has 4 aromatic rings. The molecule has 0 atom stereocenters. The van der Waals surface area contributed by atoms with E-state index in [-0.39, 0.29) is 11.4 Å². The van der Waals surface area contributed by atoms with Crippen molar-refractivity contribution < 1.29 is 8.42 Å². The zero-order valence-corrected chi connectivity index (χ0v) is 16.9. The van der Waals surface area contributed by atoms with Crippen molar-refractivity contribution in [2.75, 3.05) is 5.32 Å². The summed E-state index contributed by atoms with van der Waals surface area (Å²) in [7, 11) is -3.59. The van der Waals surface area contributed by atoms with E-state index in [1.165, 1.54) is 0 Å². The molecule has 3 aromatic carbocycles. The molecule has 2 N–H and O–H groups in total. The number of aromatic nitrogens is 2. The molecule has 0 spiro atoms. The highest BCUT2D eigenvalue weighted by atomic mass is 32.2. The predicted octanol–water partition coefficient (Wildman–Crippen LogP) is 4.37. The Hall–Kier alpha value is -3.55. The second-order valence-electron chi connectivity index (χ2n) is 6.63. The molecule has 0 saturated heterocycles. The normalized spacial score (nSPS) is 11.2. The summed E-state index contributed by atoms with van der Waals surface area (Å²) >= 11 is 0. The maximum absolute atomic E-state index is 12.5. The fourth-order valence-electron chi connectivity index (χ4n) is 2.88. The number of anilines is 2. The van der Waals surface area contributed by atoms with Crippen LogP contribution in [0.15, 0.2) is 102 Å². The van der Waals surface area contributed by atoms with E-state index in [0.717, 1.165) is 22.5 Å². The van der Waals surface area contributed by atoms with Crippen LogP contribution in [0.25, 0.3) is 11.3 Å². The number of hydrogen-bond acceptors (Lipinski definition) is 5. The lowest BCUT2D eigenvalue weighted by atomic mass is 10.1. The summed E-state index contributed by atoms with van der Waals surface area (Å²) in [6.45, 7) is 0.243. The van der Waals surface area contributed by atoms with E-state index in [1.807, 2.05) is 72.8 Å². The molecule has 4 rings (SSSR count). The maximum atomic E-state index is 12.5. The smallest absolute Gasteiger partial charge is 0.240 e. The van der Waals surface area contributed by atoms with Crippen LogP contribution in [0.1, 0.15) is 5.56 Å². The largest absolute Gasteiger partial charge is 0.339 e. The van der Waals surface area contributed by atoms with Crippen molar-refractivity contribution in [3.8, 4) is 11.3 Å². The van der Waals surface area contributed by atoms with Crippen molar-refractivity contribution in [1.82, 2.24) is 14.9 Å². The first-order valence-electron chi connectivity index (χ1n) is 9.40. The third-order valence-corrected chi connectivity index (χ3v) is 5.90. The first kappa shape index (κ1) is 19.8. The summed E-state index contributed by atoms with van der Waals surface area (Å²) < 4.78 is 27.6. The molecule has 6 nitrogen and oxygen atoms in total. The van der Waals surface area contributed by atoms with Crippen LogP contribution in [0.5, 0.6) is 0 Å². The van der Waals surface area contributed by atoms with Gasteiger partial charge in [0, 0.05) is 17.8 Å². The zero-order valence-electron chi connectivity index (χ0n) is 16.1. The SMILES string of the molecule is O=S(=O)(NCc1ccccc1)c1ccc(Nc2ccc(-c3ccccc3)nn2)cc1. The first-order chi connectivity index (χ1) is 14.6. The molecule has 0 unspecified atom stereocenters. The summed E-state index contributed by atoms with van der Waals surface area (Å²) in [5, 5.41) is 11.6. The number of benzene rings is 3. The van der Waals surface area contributed by atoms with E-state index in [2.05, 4.69) is 20.2 Å². The average molecular weight is 417 g/mol. The Balaban J connectivity index is 1.41. The fraction of sp³-hybridized carbons (Fsp3) is 0.0435. The van der Waals surface area contributed by atoms with Crippen molar-refractivity contribution in [2.45, 2.75) is 11.4 Å². The van der Waals surface area contributed by atoms with Gasteiger partial charge < -0.3 is 5.32 Å². The monoisotopic (exact) mass is 416 g/mol. The third kappa shape index (κ3) is 4.89. The van der Waals surface area contributed by atoms with E-state index in [9.17, 15) is 8.42 Å². The van der Waals surface area contributed by atoms with Gasteiger partial charge in [0.2, 0.25) is 10.0 Å². The van der Waals surface area contributed by atoms with Crippen molar-refractivity contribution in [3.05, 3.63) is 103 Å². The van der Waals surface area contributed by atoms with E-state index in [4.69, 9.17) is 0 Å². The van der Waals surface area contributed by atoms with Crippen molar-refractivity contribution in [2.24, 2.45) is 0 Å². The molecule has 1 heterocycles. The fourth-order valence-corrected chi connectivity index (χ4v) is 3.90. The summed E-state index contributed by atoms with van der Waals surface area (Å²) in [5.74, 6) is 0.576. The van der Waals surface area contributed by atoms with Crippen LogP contribution >= 0.6 is 0 Å². The average Bonchev–Trinajstić information content (AvgIpc) is 2.80. The number of sulfonamides is 1. The van der Waals surface area contributed by atoms with Crippen LogP contribution in [0, 0.1) is 0 Å². The molecule has 0 aliphatic heterocycles. The minimum absolute atomic E-state index is 0.203. The number of rotatable bonds is 7. The lowest BCUT2D eigenvalue weighted by Gasteiger charge is -2.09. The summed E-state index contributed by atoms with van der Waals surface area (Å²) in [4.78, 5) is 0.203. The Bertz CT molecular complexity index is 1200. The highest BCUT2D eigenvalue weighted by molar-refractivity contribution is 7.89. The highest BCUT2D eigenvalue weighted by Gasteiger charge is 2.13. The zero-order chi connectivity index (χ0) is 20.8. The molecule has 30 heavy (non-hydrogen) atoms. The molecule has 0 amide bonds. The lowest BCUT2D eigenvalue weighted by molar-refractivity contribution is 0.581. The van der Waals surface area contributed by atoms with Gasteiger partial charge in [0.25, 0.3) is 0 Å². The minimum atomic E-state index is -3.59. The second kappa shape index (κ2) is 8.86. The quantitative estimate of drug-likeness (QED) is 0.467. The Labute approximate surface area is 175 Å². The Morgan fingerprint density at radius 1 is 0.700 bits per heavy atom. The molecule has 0 fully saturated rings. The van der Waals surface area contributed by atoms with Crippen LogP contribution in [-0.2, 0) is 16.6 Å². The number of nitrogens with zero attached hydrogens (tertiary/aromatic N) is 2. The molecule has 0 bridgehead atoms. The topological polar surface area (TPSA) is 84.0 Å². The maximum Gasteiger partial charge on any atom is 0.240 e. The van der Waals surface area contributed by atoms with Gasteiger partial charge in [-0.3, -0.25) is 0 Å². The highest BCUT2D eigenvalue weighted by Crippen LogP contribution is 2.20. The van der Waals surface area contributed by atoms with E-state index in [0.29, 0.717) is 5.82 Å². The van der Waals surface area contributed by atoms with Gasteiger partial charge in [-0.25, -0.2) is 13.1 Å². The van der Waals surface area contributed by atoms with Crippen LogP contribution in [-0.4, -0.2) is 18.6 Å². The van der Waals surface area contributed by atoms with Gasteiger partial charge in [-0.2, -0.15) is 0 Å². The molecular weight excluding hydrogens is 396 g/mol. The van der Waals surface area contributed by atoms with E-state index < -0.39 is 10.0 Å². The second-order valence-corrected chi connectivity index (χ2v) is 8.40. The van der Waals surface area contributed by atoms with Gasteiger partial charge in [0.1, 0.15) is 0 Å². The van der Waals surface area contributed by atoms with Crippen molar-refractivity contribution in [3.63, 3.8) is 0 Å². The Morgan fingerprint density at radius 3 is 2.00 bits per heavy atom. The van der Waals surface area contributed by atoms with Gasteiger partial charge in [-0.1, -0.05) is 60.7 Å². The Morgan fingerprint density at radius 2 is 1.37 bits per heavy atom. The Kier molecular flexibility index (Phi) is 5.83. The van der Waals surface area contributed by atoms with Crippen LogP contribution < -0.4 is 10.0 Å².